The highest BCUT2D eigenvalue weighted by atomic mass is 16.5. The summed E-state index contributed by atoms with van der Waals surface area (Å²) < 4.78 is 16.6. The lowest BCUT2D eigenvalue weighted by molar-refractivity contribution is -0.123. The molecule has 0 aliphatic carbocycles. The van der Waals surface area contributed by atoms with Crippen molar-refractivity contribution < 1.29 is 28.3 Å². The highest BCUT2D eigenvalue weighted by molar-refractivity contribution is 6.02. The topological polar surface area (TPSA) is 98.1 Å². The van der Waals surface area contributed by atoms with Gasteiger partial charge in [-0.25, -0.2) is 0 Å². The Balaban J connectivity index is 1.37. The van der Waals surface area contributed by atoms with Crippen LogP contribution in [0.2, 0.25) is 0 Å². The van der Waals surface area contributed by atoms with E-state index in [1.165, 1.54) is 0 Å². The SMILES string of the molecule is Cc1cccc(C)c1OCC(=O)c1ccc2c(c1)N(CCCC(=O)NCc1ccco1)C(=O)CO2. The molecule has 2 amide bonds. The van der Waals surface area contributed by atoms with Gasteiger partial charge in [-0.15, -0.1) is 0 Å². The number of ether oxygens (including phenoxy) is 2. The molecule has 1 aromatic heterocycles. The van der Waals surface area contributed by atoms with E-state index in [9.17, 15) is 14.4 Å². The summed E-state index contributed by atoms with van der Waals surface area (Å²) in [6.07, 6.45) is 2.27. The minimum atomic E-state index is -0.218. The zero-order chi connectivity index (χ0) is 24.8. The van der Waals surface area contributed by atoms with Gasteiger partial charge in [0.25, 0.3) is 5.91 Å². The molecular weight excluding hydrogens is 448 g/mol. The van der Waals surface area contributed by atoms with Gasteiger partial charge in [-0.1, -0.05) is 18.2 Å². The molecule has 0 bridgehead atoms. The molecule has 1 aliphatic rings. The van der Waals surface area contributed by atoms with Crippen LogP contribution in [0.25, 0.3) is 0 Å². The van der Waals surface area contributed by atoms with Crippen molar-refractivity contribution in [1.29, 1.82) is 0 Å². The molecule has 3 aromatic rings. The number of nitrogens with zero attached hydrogens (tertiary/aromatic N) is 1. The van der Waals surface area contributed by atoms with E-state index in [4.69, 9.17) is 13.9 Å². The molecule has 8 nitrogen and oxygen atoms in total. The average molecular weight is 477 g/mol. The first-order valence-corrected chi connectivity index (χ1v) is 11.5. The van der Waals surface area contributed by atoms with Gasteiger partial charge in [-0.3, -0.25) is 14.4 Å². The van der Waals surface area contributed by atoms with Crippen molar-refractivity contribution in [3.8, 4) is 11.5 Å². The Hall–Kier alpha value is -4.07. The molecule has 35 heavy (non-hydrogen) atoms. The van der Waals surface area contributed by atoms with E-state index >= 15 is 0 Å². The standard InChI is InChI=1S/C27H28N2O6/c1-18-6-3-7-19(2)27(18)35-16-23(30)20-10-11-24-22(14-20)29(26(32)17-34-24)12-4-9-25(31)28-15-21-8-5-13-33-21/h3,5-8,10-11,13-14H,4,9,12,15-17H2,1-2H3,(H,28,31). The smallest absolute Gasteiger partial charge is 0.265 e. The van der Waals surface area contributed by atoms with Crippen LogP contribution < -0.4 is 19.7 Å². The van der Waals surface area contributed by atoms with Gasteiger partial charge in [0.1, 0.15) is 17.3 Å². The summed E-state index contributed by atoms with van der Waals surface area (Å²) in [5, 5.41) is 2.79. The first-order chi connectivity index (χ1) is 16.9. The molecule has 0 radical (unpaired) electrons. The van der Waals surface area contributed by atoms with Crippen molar-refractivity contribution in [2.45, 2.75) is 33.2 Å². The lowest BCUT2D eigenvalue weighted by atomic mass is 10.1. The van der Waals surface area contributed by atoms with E-state index in [1.807, 2.05) is 32.0 Å². The molecular formula is C27H28N2O6. The van der Waals surface area contributed by atoms with E-state index in [-0.39, 0.29) is 37.2 Å². The monoisotopic (exact) mass is 476 g/mol. The van der Waals surface area contributed by atoms with Gasteiger partial charge >= 0.3 is 0 Å². The van der Waals surface area contributed by atoms with E-state index in [2.05, 4.69) is 5.32 Å². The minimum absolute atomic E-state index is 0.0827. The molecule has 0 saturated heterocycles. The zero-order valence-corrected chi connectivity index (χ0v) is 19.8. The maximum absolute atomic E-state index is 12.9. The van der Waals surface area contributed by atoms with Crippen molar-refractivity contribution >= 4 is 23.3 Å². The fraction of sp³-hybridized carbons (Fsp3) is 0.296. The van der Waals surface area contributed by atoms with Crippen molar-refractivity contribution in [3.63, 3.8) is 0 Å². The van der Waals surface area contributed by atoms with Crippen LogP contribution in [0, 0.1) is 13.8 Å². The number of anilines is 1. The number of rotatable bonds is 10. The molecule has 0 spiro atoms. The van der Waals surface area contributed by atoms with Crippen LogP contribution in [0.4, 0.5) is 5.69 Å². The van der Waals surface area contributed by atoms with Crippen molar-refractivity contribution in [2.75, 3.05) is 24.7 Å². The molecule has 2 heterocycles. The number of para-hydroxylation sites is 1. The Bertz CT molecular complexity index is 1200. The number of fused-ring (bicyclic) bond motifs is 1. The van der Waals surface area contributed by atoms with Gasteiger partial charge in [-0.2, -0.15) is 0 Å². The summed E-state index contributed by atoms with van der Waals surface area (Å²) in [4.78, 5) is 39.1. The second-order valence-electron chi connectivity index (χ2n) is 8.41. The van der Waals surface area contributed by atoms with Crippen LogP contribution in [0.15, 0.2) is 59.2 Å². The normalized spacial score (nSPS) is 12.6. The van der Waals surface area contributed by atoms with E-state index in [1.54, 1.807) is 41.5 Å². The summed E-state index contributed by atoms with van der Waals surface area (Å²) in [6, 6.07) is 14.4. The summed E-state index contributed by atoms with van der Waals surface area (Å²) in [6.45, 7) is 4.32. The molecule has 0 atom stereocenters. The lowest BCUT2D eigenvalue weighted by Crippen LogP contribution is -2.40. The second-order valence-corrected chi connectivity index (χ2v) is 8.41. The van der Waals surface area contributed by atoms with E-state index in [0.717, 1.165) is 11.1 Å². The van der Waals surface area contributed by atoms with Crippen LogP contribution in [-0.2, 0) is 16.1 Å². The number of nitrogens with one attached hydrogen (secondary N) is 1. The molecule has 1 N–H and O–H groups in total. The Morgan fingerprint density at radius 1 is 1.09 bits per heavy atom. The van der Waals surface area contributed by atoms with Gasteiger partial charge in [0.2, 0.25) is 5.91 Å². The number of Topliss-reactive ketones (excluding diaryl/α,β-unsaturated/α-hetero) is 1. The van der Waals surface area contributed by atoms with Crippen molar-refractivity contribution in [2.24, 2.45) is 0 Å². The van der Waals surface area contributed by atoms with E-state index in [0.29, 0.717) is 48.0 Å². The fourth-order valence-electron chi connectivity index (χ4n) is 3.95. The van der Waals surface area contributed by atoms with Gasteiger partial charge in [0.05, 0.1) is 18.5 Å². The van der Waals surface area contributed by atoms with Crippen molar-refractivity contribution in [3.05, 3.63) is 77.2 Å². The maximum atomic E-state index is 12.9. The Morgan fingerprint density at radius 3 is 2.63 bits per heavy atom. The summed E-state index contributed by atoms with van der Waals surface area (Å²) in [7, 11) is 0. The summed E-state index contributed by atoms with van der Waals surface area (Å²) >= 11 is 0. The first kappa shape index (κ1) is 24.1. The van der Waals surface area contributed by atoms with Gasteiger partial charge in [0.15, 0.2) is 19.0 Å². The summed E-state index contributed by atoms with van der Waals surface area (Å²) in [5.41, 5.74) is 2.87. The van der Waals surface area contributed by atoms with Gasteiger partial charge in [0, 0.05) is 18.5 Å². The third kappa shape index (κ3) is 5.90. The van der Waals surface area contributed by atoms with Crippen LogP contribution in [0.3, 0.4) is 0 Å². The largest absolute Gasteiger partial charge is 0.485 e. The third-order valence-corrected chi connectivity index (χ3v) is 5.81. The number of carbonyl (C=O) groups excluding carboxylic acids is 3. The maximum Gasteiger partial charge on any atom is 0.265 e. The van der Waals surface area contributed by atoms with Crippen LogP contribution in [0.1, 0.15) is 40.1 Å². The molecule has 182 valence electrons. The van der Waals surface area contributed by atoms with Crippen LogP contribution >= 0.6 is 0 Å². The Labute approximate surface area is 203 Å². The number of carbonyl (C=O) groups is 3. The number of amides is 2. The quantitative estimate of drug-likeness (QED) is 0.445. The van der Waals surface area contributed by atoms with Crippen molar-refractivity contribution in [1.82, 2.24) is 5.32 Å². The average Bonchev–Trinajstić information content (AvgIpc) is 3.37. The second kappa shape index (κ2) is 10.9. The number of ketones is 1. The van der Waals surface area contributed by atoms with E-state index < -0.39 is 0 Å². The highest BCUT2D eigenvalue weighted by Gasteiger charge is 2.26. The summed E-state index contributed by atoms with van der Waals surface area (Å²) in [5.74, 6) is 1.35. The molecule has 0 fully saturated rings. The number of benzene rings is 2. The third-order valence-electron chi connectivity index (χ3n) is 5.81. The number of hydrogen-bond donors (Lipinski definition) is 1. The molecule has 8 heteroatoms. The Kier molecular flexibility index (Phi) is 7.50. The molecule has 0 unspecified atom stereocenters. The number of aryl methyl sites for hydroxylation is 2. The number of hydrogen-bond acceptors (Lipinski definition) is 6. The van der Waals surface area contributed by atoms with Crippen LogP contribution in [0.5, 0.6) is 11.5 Å². The lowest BCUT2D eigenvalue weighted by Gasteiger charge is -2.29. The van der Waals surface area contributed by atoms with Crippen LogP contribution in [-0.4, -0.2) is 37.4 Å². The molecule has 4 rings (SSSR count). The predicted molar refractivity (Wildman–Crippen MR) is 130 cm³/mol. The predicted octanol–water partition coefficient (Wildman–Crippen LogP) is 3.98. The van der Waals surface area contributed by atoms with Gasteiger partial charge in [-0.05, 0) is 61.7 Å². The minimum Gasteiger partial charge on any atom is -0.485 e. The number of furan rings is 1. The Morgan fingerprint density at radius 2 is 1.89 bits per heavy atom. The molecule has 1 aliphatic heterocycles. The zero-order valence-electron chi connectivity index (χ0n) is 19.8. The molecule has 0 saturated carbocycles. The molecule has 2 aromatic carbocycles. The first-order valence-electron chi connectivity index (χ1n) is 11.5. The highest BCUT2D eigenvalue weighted by Crippen LogP contribution is 2.33. The fourth-order valence-corrected chi connectivity index (χ4v) is 3.95. The van der Waals surface area contributed by atoms with Gasteiger partial charge < -0.3 is 24.1 Å².